The summed E-state index contributed by atoms with van der Waals surface area (Å²) in [6.45, 7) is 0. The highest BCUT2D eigenvalue weighted by molar-refractivity contribution is 7.14. The third-order valence-corrected chi connectivity index (χ3v) is 4.05. The van der Waals surface area contributed by atoms with Gasteiger partial charge in [-0.25, -0.2) is 0 Å². The van der Waals surface area contributed by atoms with Crippen molar-refractivity contribution in [2.45, 2.75) is 0 Å². The molecule has 0 aliphatic heterocycles. The molecule has 4 nitrogen and oxygen atoms in total. The van der Waals surface area contributed by atoms with Crippen LogP contribution in [0.15, 0.2) is 29.9 Å². The Morgan fingerprint density at radius 1 is 1.44 bits per heavy atom. The van der Waals surface area contributed by atoms with Crippen LogP contribution in [0.25, 0.3) is 21.3 Å². The number of aromatic nitrogens is 2. The number of nitrogens with zero attached hydrogens (tertiary/aromatic N) is 1. The van der Waals surface area contributed by atoms with Gasteiger partial charge in [0.2, 0.25) is 0 Å². The number of fused-ring (bicyclic) bond motifs is 1. The van der Waals surface area contributed by atoms with Gasteiger partial charge in [-0.15, -0.1) is 11.3 Å². The lowest BCUT2D eigenvalue weighted by atomic mass is 10.1. The van der Waals surface area contributed by atoms with E-state index in [1.54, 1.807) is 18.5 Å². The van der Waals surface area contributed by atoms with Gasteiger partial charge in [0.25, 0.3) is 5.91 Å². The Morgan fingerprint density at radius 3 is 2.94 bits per heavy atom. The number of nitrogens with two attached hydrogens (primary N) is 1. The molecule has 3 aromatic heterocycles. The van der Waals surface area contributed by atoms with E-state index < -0.39 is 5.91 Å². The highest BCUT2D eigenvalue weighted by Crippen LogP contribution is 2.39. The van der Waals surface area contributed by atoms with E-state index in [1.807, 2.05) is 11.4 Å². The van der Waals surface area contributed by atoms with Gasteiger partial charge in [-0.2, -0.15) is 0 Å². The van der Waals surface area contributed by atoms with Crippen molar-refractivity contribution in [3.63, 3.8) is 0 Å². The SMILES string of the molecule is NC(=O)c1[nH]c2cnccc2c1-c1sccc1Cl. The molecule has 0 radical (unpaired) electrons. The highest BCUT2D eigenvalue weighted by atomic mass is 35.5. The Hall–Kier alpha value is -1.85. The van der Waals surface area contributed by atoms with Crippen molar-refractivity contribution in [3.8, 4) is 10.4 Å². The van der Waals surface area contributed by atoms with Crippen LogP contribution in [-0.4, -0.2) is 15.9 Å². The van der Waals surface area contributed by atoms with Gasteiger partial charge in [0.1, 0.15) is 5.69 Å². The van der Waals surface area contributed by atoms with E-state index in [0.717, 1.165) is 21.3 Å². The van der Waals surface area contributed by atoms with Gasteiger partial charge in [0.15, 0.2) is 0 Å². The average Bonchev–Trinajstić information content (AvgIpc) is 2.92. The molecule has 3 aromatic rings. The molecule has 3 rings (SSSR count). The summed E-state index contributed by atoms with van der Waals surface area (Å²) in [5.74, 6) is -0.509. The normalized spacial score (nSPS) is 10.9. The minimum absolute atomic E-state index is 0.363. The summed E-state index contributed by atoms with van der Waals surface area (Å²) in [7, 11) is 0. The van der Waals surface area contributed by atoms with Gasteiger partial charge >= 0.3 is 0 Å². The second-order valence-corrected chi connectivity index (χ2v) is 5.08. The predicted molar refractivity (Wildman–Crippen MR) is 72.9 cm³/mol. The molecule has 3 heterocycles. The molecule has 0 saturated carbocycles. The third kappa shape index (κ3) is 1.60. The Balaban J connectivity index is 2.42. The maximum Gasteiger partial charge on any atom is 0.265 e. The van der Waals surface area contributed by atoms with Crippen LogP contribution in [0.1, 0.15) is 10.5 Å². The van der Waals surface area contributed by atoms with Crippen LogP contribution in [0.5, 0.6) is 0 Å². The number of pyridine rings is 1. The first-order valence-corrected chi connectivity index (χ1v) is 6.43. The van der Waals surface area contributed by atoms with Gasteiger partial charge in [0.05, 0.1) is 21.6 Å². The van der Waals surface area contributed by atoms with E-state index in [1.165, 1.54) is 11.3 Å². The van der Waals surface area contributed by atoms with Crippen molar-refractivity contribution >= 4 is 39.7 Å². The maximum atomic E-state index is 11.5. The lowest BCUT2D eigenvalue weighted by Crippen LogP contribution is -2.12. The van der Waals surface area contributed by atoms with Gasteiger partial charge in [-0.1, -0.05) is 11.6 Å². The summed E-state index contributed by atoms with van der Waals surface area (Å²) in [5.41, 5.74) is 7.29. The molecule has 0 aromatic carbocycles. The topological polar surface area (TPSA) is 71.8 Å². The summed E-state index contributed by atoms with van der Waals surface area (Å²) < 4.78 is 0. The number of hydrogen-bond donors (Lipinski definition) is 2. The second-order valence-electron chi connectivity index (χ2n) is 3.76. The fourth-order valence-corrected chi connectivity index (χ4v) is 3.15. The number of rotatable bonds is 2. The molecule has 90 valence electrons. The molecule has 0 saturated heterocycles. The van der Waals surface area contributed by atoms with Crippen LogP contribution in [0.4, 0.5) is 0 Å². The van der Waals surface area contributed by atoms with Gasteiger partial charge in [-0.05, 0) is 17.5 Å². The molecule has 0 atom stereocenters. The van der Waals surface area contributed by atoms with Gasteiger partial charge in [0, 0.05) is 17.1 Å². The third-order valence-electron chi connectivity index (χ3n) is 2.69. The maximum absolute atomic E-state index is 11.5. The van der Waals surface area contributed by atoms with Crippen molar-refractivity contribution in [1.29, 1.82) is 0 Å². The predicted octanol–water partition coefficient (Wildman–Crippen LogP) is 3.04. The van der Waals surface area contributed by atoms with Crippen LogP contribution < -0.4 is 5.73 Å². The minimum atomic E-state index is -0.509. The number of amides is 1. The monoisotopic (exact) mass is 277 g/mol. The number of primary amides is 1. The molecule has 0 bridgehead atoms. The van der Waals surface area contributed by atoms with Crippen molar-refractivity contribution in [2.24, 2.45) is 5.73 Å². The Morgan fingerprint density at radius 2 is 2.28 bits per heavy atom. The molecule has 6 heteroatoms. The zero-order valence-electron chi connectivity index (χ0n) is 9.11. The molecular weight excluding hydrogens is 270 g/mol. The molecule has 1 amide bonds. The van der Waals surface area contributed by atoms with Crippen LogP contribution in [0.2, 0.25) is 5.02 Å². The summed E-state index contributed by atoms with van der Waals surface area (Å²) in [6, 6.07) is 3.63. The number of hydrogen-bond acceptors (Lipinski definition) is 3. The number of carbonyl (C=O) groups is 1. The van der Waals surface area contributed by atoms with Crippen molar-refractivity contribution in [3.05, 3.63) is 40.6 Å². The molecule has 0 fully saturated rings. The minimum Gasteiger partial charge on any atom is -0.364 e. The number of aromatic amines is 1. The van der Waals surface area contributed by atoms with E-state index in [4.69, 9.17) is 17.3 Å². The van der Waals surface area contributed by atoms with Crippen LogP contribution in [0, 0.1) is 0 Å². The second kappa shape index (κ2) is 4.12. The van der Waals surface area contributed by atoms with E-state index in [-0.39, 0.29) is 0 Å². The summed E-state index contributed by atoms with van der Waals surface area (Å²) >= 11 is 7.61. The van der Waals surface area contributed by atoms with E-state index >= 15 is 0 Å². The van der Waals surface area contributed by atoms with Crippen LogP contribution in [0.3, 0.4) is 0 Å². The van der Waals surface area contributed by atoms with Crippen LogP contribution in [-0.2, 0) is 0 Å². The average molecular weight is 278 g/mol. The van der Waals surface area contributed by atoms with Gasteiger partial charge in [-0.3, -0.25) is 9.78 Å². The fraction of sp³-hybridized carbons (Fsp3) is 0. The number of halogens is 1. The number of carbonyl (C=O) groups excluding carboxylic acids is 1. The summed E-state index contributed by atoms with van der Waals surface area (Å²) in [5, 5.41) is 3.38. The lowest BCUT2D eigenvalue weighted by molar-refractivity contribution is 0.0997. The first kappa shape index (κ1) is 11.3. The Labute approximate surface area is 111 Å². The van der Waals surface area contributed by atoms with Crippen molar-refractivity contribution in [2.75, 3.05) is 0 Å². The van der Waals surface area contributed by atoms with Gasteiger partial charge < -0.3 is 10.7 Å². The smallest absolute Gasteiger partial charge is 0.265 e. The zero-order chi connectivity index (χ0) is 12.7. The largest absolute Gasteiger partial charge is 0.364 e. The van der Waals surface area contributed by atoms with E-state index in [9.17, 15) is 4.79 Å². The molecule has 3 N–H and O–H groups in total. The Kier molecular flexibility index (Phi) is 2.57. The standard InChI is InChI=1S/C12H8ClN3OS/c13-7-2-4-18-11(7)9-6-1-3-15-5-8(6)16-10(9)12(14)17/h1-5,16H,(H2,14,17). The molecule has 0 spiro atoms. The number of H-pyrrole nitrogens is 1. The molecule has 0 aliphatic carbocycles. The van der Waals surface area contributed by atoms with Crippen molar-refractivity contribution in [1.82, 2.24) is 9.97 Å². The Bertz CT molecular complexity index is 747. The summed E-state index contributed by atoms with van der Waals surface area (Å²) in [6.07, 6.45) is 3.33. The molecule has 0 unspecified atom stereocenters. The first-order chi connectivity index (χ1) is 8.68. The lowest BCUT2D eigenvalue weighted by Gasteiger charge is -1.99. The number of thiophene rings is 1. The quantitative estimate of drug-likeness (QED) is 0.756. The van der Waals surface area contributed by atoms with Crippen LogP contribution >= 0.6 is 22.9 Å². The first-order valence-electron chi connectivity index (χ1n) is 5.17. The zero-order valence-corrected chi connectivity index (χ0v) is 10.7. The summed E-state index contributed by atoms with van der Waals surface area (Å²) in [4.78, 5) is 19.4. The number of nitrogens with one attached hydrogen (secondary N) is 1. The molecule has 0 aliphatic rings. The van der Waals surface area contributed by atoms with E-state index in [0.29, 0.717) is 10.7 Å². The molecular formula is C12H8ClN3OS. The highest BCUT2D eigenvalue weighted by Gasteiger charge is 2.19. The van der Waals surface area contributed by atoms with Crippen molar-refractivity contribution < 1.29 is 4.79 Å². The molecule has 18 heavy (non-hydrogen) atoms. The van der Waals surface area contributed by atoms with E-state index in [2.05, 4.69) is 9.97 Å². The fourth-order valence-electron chi connectivity index (χ4n) is 1.94.